The second-order valence-electron chi connectivity index (χ2n) is 7.56. The largest absolute Gasteiger partial charge is 0.396 e. The molecule has 0 heterocycles. The van der Waals surface area contributed by atoms with Gasteiger partial charge in [-0.05, 0) is 45.4 Å². The first-order valence-electron chi connectivity index (χ1n) is 7.49. The fourth-order valence-corrected chi connectivity index (χ4v) is 1.98. The van der Waals surface area contributed by atoms with Crippen molar-refractivity contribution in [1.82, 2.24) is 4.90 Å². The van der Waals surface area contributed by atoms with E-state index in [9.17, 15) is 4.79 Å². The predicted octanol–water partition coefficient (Wildman–Crippen LogP) is 3.60. The molecule has 3 nitrogen and oxygen atoms in total. The van der Waals surface area contributed by atoms with E-state index in [-0.39, 0.29) is 23.5 Å². The topological polar surface area (TPSA) is 40.5 Å². The molecule has 19 heavy (non-hydrogen) atoms. The van der Waals surface area contributed by atoms with Gasteiger partial charge in [0.1, 0.15) is 0 Å². The smallest absolute Gasteiger partial charge is 0.222 e. The Morgan fingerprint density at radius 2 is 1.58 bits per heavy atom. The van der Waals surface area contributed by atoms with Crippen LogP contribution in [0.5, 0.6) is 0 Å². The lowest BCUT2D eigenvalue weighted by Crippen LogP contribution is -2.46. The molecule has 1 N–H and O–H groups in total. The normalized spacial score (nSPS) is 12.6. The molecule has 0 aliphatic carbocycles. The van der Waals surface area contributed by atoms with Crippen molar-refractivity contribution >= 4 is 5.91 Å². The number of unbranched alkanes of at least 4 members (excludes halogenated alkanes) is 2. The minimum absolute atomic E-state index is 0.112. The summed E-state index contributed by atoms with van der Waals surface area (Å²) in [5, 5.41) is 8.75. The van der Waals surface area contributed by atoms with E-state index >= 15 is 0 Å². The Morgan fingerprint density at radius 1 is 1.00 bits per heavy atom. The lowest BCUT2D eigenvalue weighted by atomic mass is 9.91. The molecule has 0 bridgehead atoms. The van der Waals surface area contributed by atoms with Crippen LogP contribution in [0.15, 0.2) is 0 Å². The molecular formula is C16H33NO2. The zero-order valence-electron chi connectivity index (χ0n) is 13.8. The van der Waals surface area contributed by atoms with Crippen LogP contribution in [-0.2, 0) is 4.79 Å². The minimum Gasteiger partial charge on any atom is -0.396 e. The SMILES string of the molecule is CC(C)(C)CCN(C(=O)CCCCCO)C(C)(C)C. The Morgan fingerprint density at radius 3 is 2.00 bits per heavy atom. The Kier molecular flexibility index (Phi) is 7.65. The van der Waals surface area contributed by atoms with E-state index in [4.69, 9.17) is 5.11 Å². The fraction of sp³-hybridized carbons (Fsp3) is 0.938. The van der Waals surface area contributed by atoms with E-state index in [1.165, 1.54) is 0 Å². The average molecular weight is 271 g/mol. The summed E-state index contributed by atoms with van der Waals surface area (Å²) in [4.78, 5) is 14.3. The third-order valence-electron chi connectivity index (χ3n) is 3.24. The number of carbonyl (C=O) groups excluding carboxylic acids is 1. The molecule has 0 aliphatic rings. The van der Waals surface area contributed by atoms with E-state index in [1.807, 2.05) is 4.90 Å². The van der Waals surface area contributed by atoms with Gasteiger partial charge in [-0.2, -0.15) is 0 Å². The van der Waals surface area contributed by atoms with Crippen LogP contribution < -0.4 is 0 Å². The Labute approximate surface area is 119 Å². The molecule has 3 heteroatoms. The molecule has 0 atom stereocenters. The van der Waals surface area contributed by atoms with Crippen molar-refractivity contribution in [2.75, 3.05) is 13.2 Å². The van der Waals surface area contributed by atoms with E-state index in [2.05, 4.69) is 41.5 Å². The Hall–Kier alpha value is -0.570. The number of aliphatic hydroxyl groups excluding tert-OH is 1. The number of hydrogen-bond acceptors (Lipinski definition) is 2. The van der Waals surface area contributed by atoms with Crippen LogP contribution in [0.2, 0.25) is 0 Å². The van der Waals surface area contributed by atoms with Crippen LogP contribution in [0.25, 0.3) is 0 Å². The number of rotatable bonds is 7. The molecule has 0 aromatic rings. The fourth-order valence-electron chi connectivity index (χ4n) is 1.98. The standard InChI is InChI=1S/C16H33NO2/c1-15(2,3)11-12-17(16(4,5)6)14(19)10-8-7-9-13-18/h18H,7-13H2,1-6H3. The van der Waals surface area contributed by atoms with Gasteiger partial charge in [0.05, 0.1) is 0 Å². The summed E-state index contributed by atoms with van der Waals surface area (Å²) in [6.45, 7) is 14.0. The molecule has 0 aromatic heterocycles. The maximum absolute atomic E-state index is 12.3. The quantitative estimate of drug-likeness (QED) is 0.719. The van der Waals surface area contributed by atoms with Crippen molar-refractivity contribution in [3.63, 3.8) is 0 Å². The molecule has 0 aromatic carbocycles. The monoisotopic (exact) mass is 271 g/mol. The molecule has 1 amide bonds. The highest BCUT2D eigenvalue weighted by molar-refractivity contribution is 5.76. The second kappa shape index (κ2) is 7.88. The van der Waals surface area contributed by atoms with Crippen LogP contribution in [0.4, 0.5) is 0 Å². The van der Waals surface area contributed by atoms with Crippen LogP contribution in [0.3, 0.4) is 0 Å². The van der Waals surface area contributed by atoms with Gasteiger partial charge in [0.25, 0.3) is 0 Å². The van der Waals surface area contributed by atoms with Gasteiger partial charge >= 0.3 is 0 Å². The van der Waals surface area contributed by atoms with Crippen LogP contribution >= 0.6 is 0 Å². The maximum Gasteiger partial charge on any atom is 0.222 e. The van der Waals surface area contributed by atoms with Crippen LogP contribution in [0.1, 0.15) is 73.6 Å². The summed E-state index contributed by atoms with van der Waals surface area (Å²) in [5.74, 6) is 0.245. The first-order chi connectivity index (χ1) is 8.58. The highest BCUT2D eigenvalue weighted by atomic mass is 16.2. The predicted molar refractivity (Wildman–Crippen MR) is 81.1 cm³/mol. The lowest BCUT2D eigenvalue weighted by Gasteiger charge is -2.37. The first kappa shape index (κ1) is 18.4. The molecule has 114 valence electrons. The van der Waals surface area contributed by atoms with Crippen molar-refractivity contribution in [3.05, 3.63) is 0 Å². The highest BCUT2D eigenvalue weighted by Gasteiger charge is 2.27. The molecule has 0 unspecified atom stereocenters. The zero-order chi connectivity index (χ0) is 15.1. The van der Waals surface area contributed by atoms with E-state index in [0.717, 1.165) is 32.2 Å². The number of nitrogens with zero attached hydrogens (tertiary/aromatic N) is 1. The van der Waals surface area contributed by atoms with Gasteiger partial charge in [-0.15, -0.1) is 0 Å². The summed E-state index contributed by atoms with van der Waals surface area (Å²) in [6, 6.07) is 0. The van der Waals surface area contributed by atoms with Gasteiger partial charge in [-0.3, -0.25) is 4.79 Å². The number of carbonyl (C=O) groups is 1. The highest BCUT2D eigenvalue weighted by Crippen LogP contribution is 2.23. The third-order valence-corrected chi connectivity index (χ3v) is 3.24. The second-order valence-corrected chi connectivity index (χ2v) is 7.56. The molecule has 0 saturated heterocycles. The van der Waals surface area contributed by atoms with Crippen molar-refractivity contribution in [1.29, 1.82) is 0 Å². The van der Waals surface area contributed by atoms with Crippen LogP contribution in [0, 0.1) is 5.41 Å². The number of amides is 1. The zero-order valence-corrected chi connectivity index (χ0v) is 13.8. The molecule has 0 rings (SSSR count). The number of hydrogen-bond donors (Lipinski definition) is 1. The van der Waals surface area contributed by atoms with Gasteiger partial charge in [-0.1, -0.05) is 27.2 Å². The van der Waals surface area contributed by atoms with Gasteiger partial charge in [0.2, 0.25) is 5.91 Å². The summed E-state index contributed by atoms with van der Waals surface area (Å²) >= 11 is 0. The van der Waals surface area contributed by atoms with E-state index < -0.39 is 0 Å². The van der Waals surface area contributed by atoms with Gasteiger partial charge in [0, 0.05) is 25.1 Å². The van der Waals surface area contributed by atoms with Crippen molar-refractivity contribution in [3.8, 4) is 0 Å². The maximum atomic E-state index is 12.3. The molecule has 0 spiro atoms. The molecule has 0 radical (unpaired) electrons. The van der Waals surface area contributed by atoms with Crippen molar-refractivity contribution in [2.45, 2.75) is 79.2 Å². The third kappa shape index (κ3) is 9.04. The molecule has 0 aliphatic heterocycles. The summed E-state index contributed by atoms with van der Waals surface area (Å²) in [6.07, 6.45) is 4.22. The van der Waals surface area contributed by atoms with E-state index in [0.29, 0.717) is 6.42 Å². The summed E-state index contributed by atoms with van der Waals surface area (Å²) < 4.78 is 0. The Bertz CT molecular complexity index is 261. The van der Waals surface area contributed by atoms with Gasteiger partial charge in [-0.25, -0.2) is 0 Å². The lowest BCUT2D eigenvalue weighted by molar-refractivity contribution is -0.136. The molecule has 0 fully saturated rings. The average Bonchev–Trinajstić information content (AvgIpc) is 2.21. The van der Waals surface area contributed by atoms with Crippen molar-refractivity contribution in [2.24, 2.45) is 5.41 Å². The molecule has 0 saturated carbocycles. The Balaban J connectivity index is 4.38. The van der Waals surface area contributed by atoms with Gasteiger partial charge < -0.3 is 10.0 Å². The minimum atomic E-state index is -0.112. The first-order valence-corrected chi connectivity index (χ1v) is 7.49. The molecular weight excluding hydrogens is 238 g/mol. The number of aliphatic hydroxyl groups is 1. The van der Waals surface area contributed by atoms with Gasteiger partial charge in [0.15, 0.2) is 0 Å². The summed E-state index contributed by atoms with van der Waals surface area (Å²) in [7, 11) is 0. The van der Waals surface area contributed by atoms with Crippen LogP contribution in [-0.4, -0.2) is 34.6 Å². The van der Waals surface area contributed by atoms with Crippen molar-refractivity contribution < 1.29 is 9.90 Å². The van der Waals surface area contributed by atoms with E-state index in [1.54, 1.807) is 0 Å². The summed E-state index contributed by atoms with van der Waals surface area (Å²) in [5.41, 5.74) is 0.139.